The van der Waals surface area contributed by atoms with Crippen molar-refractivity contribution in [1.29, 1.82) is 0 Å². The van der Waals surface area contributed by atoms with Crippen molar-refractivity contribution < 1.29 is 20.1 Å². The maximum Gasteiger partial charge on any atom is 0.0166 e. The standard InChI is InChI=1S/C34H36N.C15H16N.Ir/c1-32(2,3)24-14-12-22(13-15-24)23-18-19-35-30(20-23)28-11-9-10-27-26-17-16-25(33(4,5)6)21-29(26)34(7,8)31(27)28;1-15(2,3)13-8-6-7-12(11-13)14-9-4-5-10-16-14;/h9-10,12-21H,1-8H3;4-6,8-11H,1-3H3;/q2*-1;. The molecular formula is C49H52IrN2-2. The molecule has 0 saturated carbocycles. The molecule has 0 N–H and O–H groups in total. The van der Waals surface area contributed by atoms with Crippen LogP contribution in [-0.4, -0.2) is 9.97 Å². The van der Waals surface area contributed by atoms with Crippen LogP contribution in [0.25, 0.3) is 44.8 Å². The van der Waals surface area contributed by atoms with E-state index in [-0.39, 0.29) is 41.8 Å². The van der Waals surface area contributed by atoms with Crippen molar-refractivity contribution >= 4 is 0 Å². The first-order valence-electron chi connectivity index (χ1n) is 18.2. The summed E-state index contributed by atoms with van der Waals surface area (Å²) in [5.41, 5.74) is 16.2. The molecule has 0 saturated heterocycles. The number of aromatic nitrogens is 2. The Hall–Kier alpha value is -4.17. The molecule has 7 rings (SSSR count). The number of benzene rings is 4. The summed E-state index contributed by atoms with van der Waals surface area (Å²) in [7, 11) is 0. The van der Waals surface area contributed by atoms with Crippen molar-refractivity contribution in [3.63, 3.8) is 0 Å². The summed E-state index contributed by atoms with van der Waals surface area (Å²) in [4.78, 5) is 9.16. The number of rotatable bonds is 3. The zero-order valence-electron chi connectivity index (χ0n) is 32.7. The van der Waals surface area contributed by atoms with E-state index in [4.69, 9.17) is 4.98 Å². The topological polar surface area (TPSA) is 25.8 Å². The molecule has 2 aromatic heterocycles. The number of fused-ring (bicyclic) bond motifs is 3. The van der Waals surface area contributed by atoms with Crippen LogP contribution in [0.5, 0.6) is 0 Å². The third-order valence-corrected chi connectivity index (χ3v) is 10.2. The number of nitrogens with zero attached hydrogens (tertiary/aromatic N) is 2. The Balaban J connectivity index is 0.000000258. The van der Waals surface area contributed by atoms with Crippen LogP contribution in [0.1, 0.15) is 104 Å². The minimum absolute atomic E-state index is 0. The zero-order valence-corrected chi connectivity index (χ0v) is 35.1. The molecule has 0 bridgehead atoms. The molecular weight excluding hydrogens is 809 g/mol. The molecule has 0 atom stereocenters. The molecule has 2 nitrogen and oxygen atoms in total. The van der Waals surface area contributed by atoms with E-state index in [1.807, 2.05) is 36.7 Å². The van der Waals surface area contributed by atoms with Crippen LogP contribution in [-0.2, 0) is 41.8 Å². The fourth-order valence-electron chi connectivity index (χ4n) is 6.98. The first kappa shape index (κ1) is 39.0. The van der Waals surface area contributed by atoms with Gasteiger partial charge in [0.25, 0.3) is 0 Å². The number of pyridine rings is 2. The van der Waals surface area contributed by atoms with E-state index in [0.29, 0.717) is 0 Å². The smallest absolute Gasteiger partial charge is 0.0166 e. The summed E-state index contributed by atoms with van der Waals surface area (Å²) < 4.78 is 0. The molecule has 2 heterocycles. The quantitative estimate of drug-likeness (QED) is 0.166. The summed E-state index contributed by atoms with van der Waals surface area (Å²) in [6.45, 7) is 24.9. The Bertz CT molecular complexity index is 2160. The minimum Gasteiger partial charge on any atom is -0.305 e. The van der Waals surface area contributed by atoms with Crippen molar-refractivity contribution in [3.8, 4) is 44.8 Å². The second-order valence-electron chi connectivity index (χ2n) is 17.5. The van der Waals surface area contributed by atoms with Crippen LogP contribution in [0.3, 0.4) is 0 Å². The van der Waals surface area contributed by atoms with Crippen LogP contribution < -0.4 is 0 Å². The normalized spacial score (nSPS) is 13.3. The number of hydrogen-bond acceptors (Lipinski definition) is 2. The van der Waals surface area contributed by atoms with Gasteiger partial charge in [-0.1, -0.05) is 142 Å². The van der Waals surface area contributed by atoms with E-state index in [0.717, 1.165) is 22.5 Å². The van der Waals surface area contributed by atoms with Crippen LogP contribution in [0.2, 0.25) is 0 Å². The van der Waals surface area contributed by atoms with Gasteiger partial charge in [-0.25, -0.2) is 0 Å². The second kappa shape index (κ2) is 14.7. The molecule has 1 aliphatic carbocycles. The van der Waals surface area contributed by atoms with Crippen LogP contribution in [0.15, 0.2) is 116 Å². The Morgan fingerprint density at radius 1 is 0.519 bits per heavy atom. The molecule has 6 aromatic rings. The van der Waals surface area contributed by atoms with Gasteiger partial charge < -0.3 is 9.97 Å². The van der Waals surface area contributed by atoms with Gasteiger partial charge in [-0.05, 0) is 78.6 Å². The van der Waals surface area contributed by atoms with Gasteiger partial charge in [0.05, 0.1) is 0 Å². The van der Waals surface area contributed by atoms with E-state index >= 15 is 0 Å². The maximum atomic E-state index is 4.82. The van der Waals surface area contributed by atoms with Crippen molar-refractivity contribution in [2.45, 2.75) is 97.8 Å². The van der Waals surface area contributed by atoms with E-state index in [1.165, 1.54) is 50.1 Å². The van der Waals surface area contributed by atoms with Gasteiger partial charge in [-0.15, -0.1) is 64.7 Å². The van der Waals surface area contributed by atoms with Crippen LogP contribution in [0.4, 0.5) is 0 Å². The molecule has 4 aromatic carbocycles. The van der Waals surface area contributed by atoms with Crippen molar-refractivity contribution in [2.75, 3.05) is 0 Å². The Kier molecular flexibility index (Phi) is 11.0. The Labute approximate surface area is 326 Å². The van der Waals surface area contributed by atoms with Crippen LogP contribution in [0, 0.1) is 12.1 Å². The van der Waals surface area contributed by atoms with Gasteiger partial charge in [0, 0.05) is 32.5 Å². The van der Waals surface area contributed by atoms with E-state index < -0.39 is 0 Å². The van der Waals surface area contributed by atoms with E-state index in [1.54, 1.807) is 0 Å². The molecule has 1 aliphatic rings. The first-order valence-corrected chi connectivity index (χ1v) is 18.2. The molecule has 0 aliphatic heterocycles. The molecule has 269 valence electrons. The van der Waals surface area contributed by atoms with Crippen molar-refractivity contribution in [1.82, 2.24) is 9.97 Å². The average molecular weight is 861 g/mol. The SMILES string of the molecule is CC(C)(C)c1cc[c-]c(-c2ccccn2)c1.CC(C)(C)c1ccc(-c2ccnc(-c3[c-]ccc4c3C(C)(C)c3cc(C(C)(C)C)ccc3-4)c2)cc1.[Ir]. The monoisotopic (exact) mass is 861 g/mol. The predicted molar refractivity (Wildman–Crippen MR) is 216 cm³/mol. The molecule has 0 fully saturated rings. The first-order chi connectivity index (χ1) is 23.9. The summed E-state index contributed by atoms with van der Waals surface area (Å²) in [6, 6.07) is 43.6. The van der Waals surface area contributed by atoms with Gasteiger partial charge in [0.15, 0.2) is 0 Å². The summed E-state index contributed by atoms with van der Waals surface area (Å²) in [6.07, 6.45) is 3.75. The zero-order chi connectivity index (χ0) is 36.8. The van der Waals surface area contributed by atoms with Crippen molar-refractivity contribution in [3.05, 3.63) is 155 Å². The third-order valence-electron chi connectivity index (χ3n) is 10.2. The van der Waals surface area contributed by atoms with E-state index in [9.17, 15) is 0 Å². The molecule has 52 heavy (non-hydrogen) atoms. The Morgan fingerprint density at radius 2 is 1.13 bits per heavy atom. The fourth-order valence-corrected chi connectivity index (χ4v) is 6.98. The molecule has 0 unspecified atom stereocenters. The van der Waals surface area contributed by atoms with Crippen molar-refractivity contribution in [2.24, 2.45) is 0 Å². The molecule has 0 spiro atoms. The molecule has 0 amide bonds. The minimum atomic E-state index is -0.120. The van der Waals surface area contributed by atoms with Gasteiger partial charge in [-0.3, -0.25) is 0 Å². The molecule has 1 radical (unpaired) electrons. The summed E-state index contributed by atoms with van der Waals surface area (Å²) in [5.74, 6) is 0. The van der Waals surface area contributed by atoms with Gasteiger partial charge in [-0.2, -0.15) is 0 Å². The van der Waals surface area contributed by atoms with Gasteiger partial charge in [0.1, 0.15) is 0 Å². The second-order valence-corrected chi connectivity index (χ2v) is 17.5. The Morgan fingerprint density at radius 3 is 1.77 bits per heavy atom. The summed E-state index contributed by atoms with van der Waals surface area (Å²) in [5, 5.41) is 0. The fraction of sp³-hybridized carbons (Fsp3) is 0.306. The predicted octanol–water partition coefficient (Wildman–Crippen LogP) is 13.0. The van der Waals surface area contributed by atoms with Crippen LogP contribution >= 0.6 is 0 Å². The third kappa shape index (κ3) is 8.07. The average Bonchev–Trinajstić information content (AvgIpc) is 3.34. The maximum absolute atomic E-state index is 4.82. The van der Waals surface area contributed by atoms with Gasteiger partial charge in [0.2, 0.25) is 0 Å². The molecule has 3 heteroatoms. The number of hydrogen-bond donors (Lipinski definition) is 0. The van der Waals surface area contributed by atoms with Gasteiger partial charge >= 0.3 is 0 Å². The largest absolute Gasteiger partial charge is 0.305 e. The van der Waals surface area contributed by atoms with E-state index in [2.05, 4.69) is 172 Å². The summed E-state index contributed by atoms with van der Waals surface area (Å²) >= 11 is 0.